The van der Waals surface area contributed by atoms with Gasteiger partial charge in [-0.05, 0) is 49.1 Å². The molecule has 1 heterocycles. The third-order valence-electron chi connectivity index (χ3n) is 3.92. The molecular formula is C16H24N2O2. The zero-order chi connectivity index (χ0) is 14.7. The van der Waals surface area contributed by atoms with Crippen molar-refractivity contribution in [3.05, 3.63) is 33.2 Å². The van der Waals surface area contributed by atoms with E-state index >= 15 is 0 Å². The molecule has 20 heavy (non-hydrogen) atoms. The highest BCUT2D eigenvalue weighted by Crippen LogP contribution is 2.23. The second-order valence-corrected chi connectivity index (χ2v) is 6.30. The highest BCUT2D eigenvalue weighted by molar-refractivity contribution is 5.94. The van der Waals surface area contributed by atoms with Gasteiger partial charge in [0, 0.05) is 12.2 Å². The molecule has 0 saturated heterocycles. The Morgan fingerprint density at radius 1 is 1.50 bits per heavy atom. The van der Waals surface area contributed by atoms with Gasteiger partial charge in [-0.15, -0.1) is 0 Å². The van der Waals surface area contributed by atoms with Crippen LogP contribution in [0.2, 0.25) is 0 Å². The highest BCUT2D eigenvalue weighted by Gasteiger charge is 2.19. The maximum atomic E-state index is 12.1. The van der Waals surface area contributed by atoms with Gasteiger partial charge in [-0.3, -0.25) is 9.59 Å². The third-order valence-corrected chi connectivity index (χ3v) is 3.92. The van der Waals surface area contributed by atoms with E-state index in [0.29, 0.717) is 18.4 Å². The number of amides is 1. The molecule has 1 aliphatic carbocycles. The van der Waals surface area contributed by atoms with Crippen LogP contribution in [-0.2, 0) is 12.8 Å². The highest BCUT2D eigenvalue weighted by atomic mass is 16.2. The first kappa shape index (κ1) is 14.8. The van der Waals surface area contributed by atoms with Crippen molar-refractivity contribution >= 4 is 5.91 Å². The molecule has 1 atom stereocenters. The molecule has 1 aromatic heterocycles. The number of rotatable bonds is 4. The molecule has 4 nitrogen and oxygen atoms in total. The first-order valence-electron chi connectivity index (χ1n) is 7.50. The summed E-state index contributed by atoms with van der Waals surface area (Å²) in [6.07, 6.45) is 3.87. The average molecular weight is 276 g/mol. The van der Waals surface area contributed by atoms with Crippen LogP contribution >= 0.6 is 0 Å². The molecule has 0 unspecified atom stereocenters. The molecule has 0 bridgehead atoms. The van der Waals surface area contributed by atoms with Crippen molar-refractivity contribution in [2.45, 2.75) is 46.5 Å². The van der Waals surface area contributed by atoms with Crippen LogP contribution in [0.1, 0.15) is 55.2 Å². The van der Waals surface area contributed by atoms with E-state index < -0.39 is 0 Å². The first-order valence-corrected chi connectivity index (χ1v) is 7.50. The Hall–Kier alpha value is -1.58. The Morgan fingerprint density at radius 2 is 2.25 bits per heavy atom. The van der Waals surface area contributed by atoms with E-state index in [0.717, 1.165) is 36.9 Å². The fourth-order valence-electron chi connectivity index (χ4n) is 2.62. The van der Waals surface area contributed by atoms with Crippen LogP contribution in [0.15, 0.2) is 10.9 Å². The molecule has 0 fully saturated rings. The number of hydrogen-bond acceptors (Lipinski definition) is 2. The number of fused-ring (bicyclic) bond motifs is 1. The quantitative estimate of drug-likeness (QED) is 0.886. The predicted octanol–water partition coefficient (Wildman–Crippen LogP) is 2.28. The lowest BCUT2D eigenvalue weighted by atomic mass is 9.87. The topological polar surface area (TPSA) is 62.0 Å². The van der Waals surface area contributed by atoms with Gasteiger partial charge in [0.1, 0.15) is 5.56 Å². The molecule has 1 aliphatic rings. The molecule has 0 aliphatic heterocycles. The van der Waals surface area contributed by atoms with Crippen molar-refractivity contribution in [2.75, 3.05) is 6.54 Å². The lowest BCUT2D eigenvalue weighted by Gasteiger charge is -2.21. The van der Waals surface area contributed by atoms with Gasteiger partial charge in [0.2, 0.25) is 0 Å². The summed E-state index contributed by atoms with van der Waals surface area (Å²) in [7, 11) is 0. The molecule has 0 aromatic carbocycles. The summed E-state index contributed by atoms with van der Waals surface area (Å²) in [4.78, 5) is 27.0. The Labute approximate surface area is 120 Å². The van der Waals surface area contributed by atoms with Gasteiger partial charge >= 0.3 is 0 Å². The molecule has 4 heteroatoms. The van der Waals surface area contributed by atoms with Crippen LogP contribution in [0.25, 0.3) is 0 Å². The minimum Gasteiger partial charge on any atom is -0.352 e. The van der Waals surface area contributed by atoms with Gasteiger partial charge in [0.05, 0.1) is 0 Å². The molecule has 0 saturated carbocycles. The first-order chi connectivity index (χ1) is 9.47. The number of hydrogen-bond donors (Lipinski definition) is 2. The fourth-order valence-corrected chi connectivity index (χ4v) is 2.62. The predicted molar refractivity (Wildman–Crippen MR) is 80.0 cm³/mol. The minimum atomic E-state index is -0.264. The molecule has 1 amide bonds. The SMILES string of the molecule is CC(C)CCNC(=O)c1cc2c([nH]c1=O)CC[C@H](C)C2. The molecule has 1 aromatic rings. The Kier molecular flexibility index (Phi) is 4.63. The van der Waals surface area contributed by atoms with E-state index in [1.165, 1.54) is 0 Å². The van der Waals surface area contributed by atoms with E-state index in [4.69, 9.17) is 0 Å². The zero-order valence-corrected chi connectivity index (χ0v) is 12.6. The van der Waals surface area contributed by atoms with E-state index in [1.807, 2.05) is 0 Å². The summed E-state index contributed by atoms with van der Waals surface area (Å²) in [5, 5.41) is 2.83. The fraction of sp³-hybridized carbons (Fsp3) is 0.625. The van der Waals surface area contributed by atoms with E-state index in [1.54, 1.807) is 6.07 Å². The van der Waals surface area contributed by atoms with Crippen LogP contribution in [0.4, 0.5) is 0 Å². The number of aryl methyl sites for hydroxylation is 1. The van der Waals surface area contributed by atoms with Crippen LogP contribution in [0.3, 0.4) is 0 Å². The van der Waals surface area contributed by atoms with Crippen molar-refractivity contribution in [3.63, 3.8) is 0 Å². The van der Waals surface area contributed by atoms with Crippen LogP contribution in [0.5, 0.6) is 0 Å². The molecule has 0 spiro atoms. The average Bonchev–Trinajstić information content (AvgIpc) is 2.38. The summed E-state index contributed by atoms with van der Waals surface area (Å²) in [6, 6.07) is 1.79. The zero-order valence-electron chi connectivity index (χ0n) is 12.6. The van der Waals surface area contributed by atoms with Crippen molar-refractivity contribution in [1.82, 2.24) is 10.3 Å². The van der Waals surface area contributed by atoms with Crippen LogP contribution in [0, 0.1) is 11.8 Å². The normalized spacial score (nSPS) is 17.9. The molecule has 2 N–H and O–H groups in total. The minimum absolute atomic E-state index is 0.251. The Balaban J connectivity index is 2.13. The molecular weight excluding hydrogens is 252 g/mol. The van der Waals surface area contributed by atoms with Gasteiger partial charge < -0.3 is 10.3 Å². The van der Waals surface area contributed by atoms with Crippen LogP contribution in [-0.4, -0.2) is 17.4 Å². The summed E-state index contributed by atoms with van der Waals surface area (Å²) >= 11 is 0. The number of pyridine rings is 1. The Morgan fingerprint density at radius 3 is 2.95 bits per heavy atom. The number of aromatic amines is 1. The summed E-state index contributed by atoms with van der Waals surface area (Å²) in [5.74, 6) is 0.899. The number of aromatic nitrogens is 1. The maximum absolute atomic E-state index is 12.1. The van der Waals surface area contributed by atoms with Crippen molar-refractivity contribution in [1.29, 1.82) is 0 Å². The Bertz CT molecular complexity index is 546. The molecule has 0 radical (unpaired) electrons. The van der Waals surface area contributed by atoms with E-state index in [2.05, 4.69) is 31.1 Å². The largest absolute Gasteiger partial charge is 0.352 e. The van der Waals surface area contributed by atoms with Gasteiger partial charge in [0.15, 0.2) is 0 Å². The smallest absolute Gasteiger partial charge is 0.261 e. The number of carbonyl (C=O) groups is 1. The van der Waals surface area contributed by atoms with Crippen molar-refractivity contribution in [2.24, 2.45) is 11.8 Å². The molecule has 2 rings (SSSR count). The van der Waals surface area contributed by atoms with Crippen molar-refractivity contribution in [3.8, 4) is 0 Å². The van der Waals surface area contributed by atoms with Crippen LogP contribution < -0.4 is 10.9 Å². The van der Waals surface area contributed by atoms with Gasteiger partial charge in [-0.2, -0.15) is 0 Å². The number of H-pyrrole nitrogens is 1. The number of nitrogens with one attached hydrogen (secondary N) is 2. The van der Waals surface area contributed by atoms with E-state index in [9.17, 15) is 9.59 Å². The summed E-state index contributed by atoms with van der Waals surface area (Å²) in [5.41, 5.74) is 2.12. The van der Waals surface area contributed by atoms with Gasteiger partial charge in [0.25, 0.3) is 11.5 Å². The lowest BCUT2D eigenvalue weighted by molar-refractivity contribution is 0.0950. The maximum Gasteiger partial charge on any atom is 0.261 e. The summed E-state index contributed by atoms with van der Waals surface area (Å²) < 4.78 is 0. The van der Waals surface area contributed by atoms with Crippen molar-refractivity contribution < 1.29 is 4.79 Å². The third kappa shape index (κ3) is 3.50. The van der Waals surface area contributed by atoms with Gasteiger partial charge in [-0.25, -0.2) is 0 Å². The number of carbonyl (C=O) groups excluding carboxylic acids is 1. The van der Waals surface area contributed by atoms with Gasteiger partial charge in [-0.1, -0.05) is 20.8 Å². The summed E-state index contributed by atoms with van der Waals surface area (Å²) in [6.45, 7) is 7.04. The molecule has 110 valence electrons. The monoisotopic (exact) mass is 276 g/mol. The second-order valence-electron chi connectivity index (χ2n) is 6.30. The second kappa shape index (κ2) is 6.25. The van der Waals surface area contributed by atoms with E-state index in [-0.39, 0.29) is 17.0 Å². The lowest BCUT2D eigenvalue weighted by Crippen LogP contribution is -2.32. The standard InChI is InChI=1S/C16H24N2O2/c1-10(2)6-7-17-15(19)13-9-12-8-11(3)4-5-14(12)18-16(13)20/h9-11H,4-8H2,1-3H3,(H,17,19)(H,18,20)/t11-/m0/s1.